The van der Waals surface area contributed by atoms with Crippen molar-refractivity contribution in [3.05, 3.63) is 0 Å². The summed E-state index contributed by atoms with van der Waals surface area (Å²) in [6, 6.07) is 1.35. The molecular weight excluding hydrogens is 220 g/mol. The van der Waals surface area contributed by atoms with Crippen LogP contribution in [-0.4, -0.2) is 35.6 Å². The first-order chi connectivity index (χ1) is 8.23. The van der Waals surface area contributed by atoms with Crippen molar-refractivity contribution in [3.63, 3.8) is 0 Å². The Morgan fingerprint density at radius 1 is 1.33 bits per heavy atom. The minimum Gasteiger partial charge on any atom is -0.309 e. The fraction of sp³-hybridized carbons (Fsp3) is 1.00. The molecule has 0 radical (unpaired) electrons. The Morgan fingerprint density at radius 2 is 1.94 bits per heavy atom. The first kappa shape index (κ1) is 16.0. The van der Waals surface area contributed by atoms with E-state index in [-0.39, 0.29) is 0 Å². The van der Waals surface area contributed by atoms with E-state index in [1.54, 1.807) is 0 Å². The Hall–Kier alpha value is -0.0800. The van der Waals surface area contributed by atoms with Gasteiger partial charge in [-0.1, -0.05) is 41.0 Å². The summed E-state index contributed by atoms with van der Waals surface area (Å²) in [4.78, 5) is 2.77. The van der Waals surface area contributed by atoms with Crippen LogP contribution in [0, 0.1) is 5.41 Å². The van der Waals surface area contributed by atoms with Crippen molar-refractivity contribution in [2.45, 2.75) is 85.4 Å². The highest BCUT2D eigenvalue weighted by Gasteiger charge is 2.41. The lowest BCUT2D eigenvalue weighted by Crippen LogP contribution is -2.67. The van der Waals surface area contributed by atoms with Gasteiger partial charge in [-0.25, -0.2) is 0 Å². The number of hydrogen-bond acceptors (Lipinski definition) is 2. The van der Waals surface area contributed by atoms with Crippen LogP contribution in [0.3, 0.4) is 0 Å². The van der Waals surface area contributed by atoms with Gasteiger partial charge in [0.1, 0.15) is 0 Å². The van der Waals surface area contributed by atoms with E-state index in [9.17, 15) is 0 Å². The summed E-state index contributed by atoms with van der Waals surface area (Å²) in [6.45, 7) is 18.8. The predicted octanol–water partition coefficient (Wildman–Crippen LogP) is 3.66. The molecule has 1 rings (SSSR count). The summed E-state index contributed by atoms with van der Waals surface area (Å²) in [7, 11) is 0. The number of piperazine rings is 1. The van der Waals surface area contributed by atoms with Gasteiger partial charge in [0, 0.05) is 30.7 Å². The lowest BCUT2D eigenvalue weighted by molar-refractivity contribution is -0.00234. The van der Waals surface area contributed by atoms with Crippen LogP contribution in [0.2, 0.25) is 0 Å². The topological polar surface area (TPSA) is 15.3 Å². The van der Waals surface area contributed by atoms with E-state index < -0.39 is 0 Å². The third-order valence-electron chi connectivity index (χ3n) is 4.71. The van der Waals surface area contributed by atoms with Gasteiger partial charge in [-0.3, -0.25) is 4.90 Å². The van der Waals surface area contributed by atoms with Gasteiger partial charge < -0.3 is 5.32 Å². The Morgan fingerprint density at radius 3 is 2.39 bits per heavy atom. The van der Waals surface area contributed by atoms with Crippen LogP contribution in [0.5, 0.6) is 0 Å². The minimum atomic E-state index is 0.295. The number of rotatable bonds is 4. The first-order valence-corrected chi connectivity index (χ1v) is 7.74. The van der Waals surface area contributed by atoms with E-state index in [1.807, 2.05) is 0 Å². The van der Waals surface area contributed by atoms with Crippen LogP contribution >= 0.6 is 0 Å². The molecule has 1 saturated heterocycles. The second-order valence-corrected chi connectivity index (χ2v) is 7.49. The van der Waals surface area contributed by atoms with Crippen molar-refractivity contribution in [1.82, 2.24) is 10.2 Å². The molecule has 1 N–H and O–H groups in total. The molecule has 0 aromatic heterocycles. The largest absolute Gasteiger partial charge is 0.309 e. The van der Waals surface area contributed by atoms with Crippen molar-refractivity contribution in [2.75, 3.05) is 13.1 Å². The maximum atomic E-state index is 3.79. The Kier molecular flexibility index (Phi) is 5.25. The van der Waals surface area contributed by atoms with Crippen molar-refractivity contribution < 1.29 is 0 Å². The summed E-state index contributed by atoms with van der Waals surface area (Å²) in [5.74, 6) is 0. The van der Waals surface area contributed by atoms with Crippen molar-refractivity contribution in [2.24, 2.45) is 5.41 Å². The standard InChI is InChI=1S/C16H34N2/c1-8-10-13(3)18-12-16(7,9-2)17-11-14(18)15(4,5)6/h13-14,17H,8-12H2,1-7H3. The molecule has 2 nitrogen and oxygen atoms in total. The molecule has 0 spiro atoms. The highest BCUT2D eigenvalue weighted by molar-refractivity contribution is 4.99. The monoisotopic (exact) mass is 254 g/mol. The second-order valence-electron chi connectivity index (χ2n) is 7.49. The van der Waals surface area contributed by atoms with Gasteiger partial charge in [0.15, 0.2) is 0 Å². The lowest BCUT2D eigenvalue weighted by Gasteiger charge is -2.52. The zero-order chi connectivity index (χ0) is 14.0. The Bertz CT molecular complexity index is 256. The van der Waals surface area contributed by atoms with Gasteiger partial charge in [-0.15, -0.1) is 0 Å². The molecule has 3 unspecified atom stereocenters. The summed E-state index contributed by atoms with van der Waals surface area (Å²) < 4.78 is 0. The quantitative estimate of drug-likeness (QED) is 0.823. The molecule has 1 aliphatic rings. The molecule has 18 heavy (non-hydrogen) atoms. The van der Waals surface area contributed by atoms with Crippen molar-refractivity contribution >= 4 is 0 Å². The minimum absolute atomic E-state index is 0.295. The Labute approximate surface area is 115 Å². The van der Waals surface area contributed by atoms with E-state index in [2.05, 4.69) is 58.7 Å². The second kappa shape index (κ2) is 5.92. The van der Waals surface area contributed by atoms with Gasteiger partial charge in [-0.2, -0.15) is 0 Å². The van der Waals surface area contributed by atoms with Crippen LogP contribution in [0.1, 0.15) is 67.7 Å². The maximum Gasteiger partial charge on any atom is 0.0278 e. The van der Waals surface area contributed by atoms with Gasteiger partial charge in [0.05, 0.1) is 0 Å². The zero-order valence-corrected chi connectivity index (χ0v) is 13.6. The fourth-order valence-electron chi connectivity index (χ4n) is 3.12. The van der Waals surface area contributed by atoms with Crippen LogP contribution in [0.25, 0.3) is 0 Å². The normalized spacial score (nSPS) is 32.5. The molecule has 1 fully saturated rings. The number of nitrogens with zero attached hydrogens (tertiary/aromatic N) is 1. The molecule has 108 valence electrons. The third-order valence-corrected chi connectivity index (χ3v) is 4.71. The number of nitrogens with one attached hydrogen (secondary N) is 1. The highest BCUT2D eigenvalue weighted by Crippen LogP contribution is 2.32. The van der Waals surface area contributed by atoms with Crippen LogP contribution in [-0.2, 0) is 0 Å². The molecule has 0 saturated carbocycles. The summed E-state index contributed by atoms with van der Waals surface area (Å²) >= 11 is 0. The average molecular weight is 254 g/mol. The third kappa shape index (κ3) is 3.71. The molecule has 2 heteroatoms. The number of hydrogen-bond donors (Lipinski definition) is 1. The van der Waals surface area contributed by atoms with Gasteiger partial charge in [-0.05, 0) is 32.1 Å². The summed E-state index contributed by atoms with van der Waals surface area (Å²) in [5, 5.41) is 3.79. The van der Waals surface area contributed by atoms with Crippen molar-refractivity contribution in [3.8, 4) is 0 Å². The first-order valence-electron chi connectivity index (χ1n) is 7.74. The Balaban J connectivity index is 2.86. The highest BCUT2D eigenvalue weighted by atomic mass is 15.3. The molecule has 0 amide bonds. The summed E-state index contributed by atoms with van der Waals surface area (Å²) in [5.41, 5.74) is 0.647. The van der Waals surface area contributed by atoms with E-state index in [1.165, 1.54) is 25.8 Å². The molecule has 1 aliphatic heterocycles. The molecule has 0 aromatic carbocycles. The smallest absolute Gasteiger partial charge is 0.0278 e. The summed E-state index contributed by atoms with van der Waals surface area (Å²) in [6.07, 6.45) is 3.80. The maximum absolute atomic E-state index is 3.79. The fourth-order valence-corrected chi connectivity index (χ4v) is 3.12. The molecule has 1 heterocycles. The lowest BCUT2D eigenvalue weighted by atomic mass is 9.80. The van der Waals surface area contributed by atoms with Gasteiger partial charge in [0.2, 0.25) is 0 Å². The van der Waals surface area contributed by atoms with Crippen LogP contribution < -0.4 is 5.32 Å². The van der Waals surface area contributed by atoms with Crippen LogP contribution in [0.15, 0.2) is 0 Å². The molecule has 0 bridgehead atoms. The molecule has 0 aliphatic carbocycles. The van der Waals surface area contributed by atoms with E-state index in [0.29, 0.717) is 23.0 Å². The zero-order valence-electron chi connectivity index (χ0n) is 13.6. The van der Waals surface area contributed by atoms with Crippen LogP contribution in [0.4, 0.5) is 0 Å². The SMILES string of the molecule is CCCC(C)N1CC(C)(CC)NCC1C(C)(C)C. The average Bonchev–Trinajstić information content (AvgIpc) is 2.27. The van der Waals surface area contributed by atoms with E-state index >= 15 is 0 Å². The van der Waals surface area contributed by atoms with Gasteiger partial charge >= 0.3 is 0 Å². The molecular formula is C16H34N2. The predicted molar refractivity (Wildman–Crippen MR) is 81.0 cm³/mol. The van der Waals surface area contributed by atoms with E-state index in [0.717, 1.165) is 6.54 Å². The van der Waals surface area contributed by atoms with Crippen molar-refractivity contribution in [1.29, 1.82) is 0 Å². The van der Waals surface area contributed by atoms with Gasteiger partial charge in [0.25, 0.3) is 0 Å². The molecule has 3 atom stereocenters. The van der Waals surface area contributed by atoms with E-state index in [4.69, 9.17) is 0 Å². The molecule has 0 aromatic rings.